The largest absolute Gasteiger partial charge is 0.394 e. The van der Waals surface area contributed by atoms with Gasteiger partial charge in [-0.1, -0.05) is 6.92 Å². The number of aliphatic hydroxyl groups is 7. The summed E-state index contributed by atoms with van der Waals surface area (Å²) in [6.07, 6.45) is -17.6. The van der Waals surface area contributed by atoms with Gasteiger partial charge in [0.15, 0.2) is 18.9 Å². The Morgan fingerprint density at radius 2 is 1.18 bits per heavy atom. The molecule has 0 aromatic carbocycles. The summed E-state index contributed by atoms with van der Waals surface area (Å²) in [7, 11) is 0. The van der Waals surface area contributed by atoms with Crippen molar-refractivity contribution >= 4 is 11.8 Å². The molecule has 0 aromatic rings. The summed E-state index contributed by atoms with van der Waals surface area (Å²) >= 11 is 1.38. The third kappa shape index (κ3) is 7.36. The van der Waals surface area contributed by atoms with Crippen LogP contribution in [0.5, 0.6) is 0 Å². The molecule has 3 heterocycles. The van der Waals surface area contributed by atoms with E-state index in [9.17, 15) is 35.7 Å². The zero-order valence-electron chi connectivity index (χ0n) is 24.4. The Morgan fingerprint density at radius 3 is 1.77 bits per heavy atom. The minimum absolute atomic E-state index is 0.112. The molecule has 3 saturated heterocycles. The van der Waals surface area contributed by atoms with E-state index in [-0.39, 0.29) is 13.0 Å². The van der Waals surface area contributed by atoms with E-state index in [2.05, 4.69) is 0 Å². The van der Waals surface area contributed by atoms with Crippen LogP contribution in [-0.4, -0.2) is 177 Å². The van der Waals surface area contributed by atoms with Gasteiger partial charge in [-0.3, -0.25) is 0 Å². The van der Waals surface area contributed by atoms with Crippen LogP contribution in [-0.2, 0) is 28.4 Å². The second kappa shape index (κ2) is 15.7. The van der Waals surface area contributed by atoms with Crippen LogP contribution in [0.3, 0.4) is 0 Å². The summed E-state index contributed by atoms with van der Waals surface area (Å²) in [5.41, 5.74) is 30.4. The van der Waals surface area contributed by atoms with E-state index in [1.165, 1.54) is 11.8 Å². The zero-order chi connectivity index (χ0) is 32.5. The van der Waals surface area contributed by atoms with Gasteiger partial charge in [-0.15, -0.1) is 0 Å². The Kier molecular flexibility index (Phi) is 13.0. The van der Waals surface area contributed by atoms with Gasteiger partial charge in [0.2, 0.25) is 0 Å². The molecule has 0 radical (unpaired) electrons. The van der Waals surface area contributed by atoms with Crippen molar-refractivity contribution in [1.82, 2.24) is 0 Å². The van der Waals surface area contributed by atoms with Crippen molar-refractivity contribution in [2.45, 2.75) is 129 Å². The highest BCUT2D eigenvalue weighted by Crippen LogP contribution is 2.35. The van der Waals surface area contributed by atoms with Crippen molar-refractivity contribution in [2.24, 2.45) is 28.7 Å². The van der Waals surface area contributed by atoms with E-state index in [0.717, 1.165) is 0 Å². The predicted molar refractivity (Wildman–Crippen MR) is 152 cm³/mol. The SMILES string of the molecule is CCS[C@H]1[C@H](O)[C@@H](N)[C@@H](O[C@H]2[C@H](O[C@@H]3O[C@H](CO)[C@@H](O[C@H]4O[C@@H](CN)[C@@H](O)[C@H](O)[C@H]4N)[C@H]3O)[C@@H](O)[C@H](N)C[C@@H]2N)O[C@@H]1CO. The molecule has 1 aliphatic carbocycles. The summed E-state index contributed by atoms with van der Waals surface area (Å²) in [6, 6.07) is -3.96. The average Bonchev–Trinajstić information content (AvgIpc) is 3.30. The van der Waals surface area contributed by atoms with Crippen LogP contribution in [0.25, 0.3) is 0 Å². The molecule has 0 amide bonds. The molecule has 4 aliphatic rings. The maximum atomic E-state index is 11.2. The first kappa shape index (κ1) is 36.5. The fraction of sp³-hybridized carbons (Fsp3) is 1.00. The maximum absolute atomic E-state index is 11.2. The number of nitrogens with two attached hydrogens (primary N) is 5. The molecule has 19 atom stereocenters. The Balaban J connectivity index is 1.49. The maximum Gasteiger partial charge on any atom is 0.187 e. The minimum atomic E-state index is -1.59. The smallest absolute Gasteiger partial charge is 0.187 e. The van der Waals surface area contributed by atoms with Crippen molar-refractivity contribution in [3.05, 3.63) is 0 Å². The second-order valence-corrected chi connectivity index (χ2v) is 13.1. The summed E-state index contributed by atoms with van der Waals surface area (Å²) < 4.78 is 35.2. The molecule has 4 fully saturated rings. The van der Waals surface area contributed by atoms with Gasteiger partial charge in [0.25, 0.3) is 0 Å². The summed E-state index contributed by atoms with van der Waals surface area (Å²) in [5, 5.41) is 73.0. The van der Waals surface area contributed by atoms with E-state index in [1.807, 2.05) is 6.92 Å². The highest BCUT2D eigenvalue weighted by atomic mass is 32.2. The number of rotatable bonds is 11. The molecule has 258 valence electrons. The lowest BCUT2D eigenvalue weighted by atomic mass is 9.84. The molecule has 0 spiro atoms. The molecule has 0 unspecified atom stereocenters. The zero-order valence-corrected chi connectivity index (χ0v) is 25.2. The first-order valence-corrected chi connectivity index (χ1v) is 15.8. The Hall–Kier alpha value is -0.370. The highest BCUT2D eigenvalue weighted by Gasteiger charge is 2.54. The fourth-order valence-electron chi connectivity index (χ4n) is 6.08. The topological polar surface area (TPSA) is 327 Å². The van der Waals surface area contributed by atoms with Crippen LogP contribution in [0.4, 0.5) is 0 Å². The third-order valence-corrected chi connectivity index (χ3v) is 9.95. The lowest BCUT2D eigenvalue weighted by molar-refractivity contribution is -0.296. The van der Waals surface area contributed by atoms with Crippen molar-refractivity contribution < 1.29 is 64.2 Å². The van der Waals surface area contributed by atoms with Crippen LogP contribution >= 0.6 is 11.8 Å². The van der Waals surface area contributed by atoms with E-state index >= 15 is 0 Å². The van der Waals surface area contributed by atoms with E-state index in [4.69, 9.17) is 57.1 Å². The van der Waals surface area contributed by atoms with Gasteiger partial charge in [-0.25, -0.2) is 0 Å². The van der Waals surface area contributed by atoms with Crippen LogP contribution < -0.4 is 28.7 Å². The Labute approximate surface area is 259 Å². The lowest BCUT2D eigenvalue weighted by Gasteiger charge is -2.47. The van der Waals surface area contributed by atoms with Crippen LogP contribution in [0.1, 0.15) is 13.3 Å². The van der Waals surface area contributed by atoms with Gasteiger partial charge in [0.1, 0.15) is 48.8 Å². The Bertz CT molecular complexity index is 903. The molecule has 0 aromatic heterocycles. The van der Waals surface area contributed by atoms with Crippen molar-refractivity contribution in [1.29, 1.82) is 0 Å². The van der Waals surface area contributed by atoms with E-state index in [1.54, 1.807) is 0 Å². The van der Waals surface area contributed by atoms with E-state index < -0.39 is 129 Å². The molecule has 1 saturated carbocycles. The molecular weight excluding hydrogens is 610 g/mol. The quantitative estimate of drug-likeness (QED) is 0.0979. The highest BCUT2D eigenvalue weighted by molar-refractivity contribution is 8.00. The fourth-order valence-corrected chi connectivity index (χ4v) is 7.21. The average molecular weight is 660 g/mol. The molecule has 17 N–H and O–H groups in total. The first-order valence-electron chi connectivity index (χ1n) is 14.8. The lowest BCUT2D eigenvalue weighted by Crippen LogP contribution is -2.67. The molecule has 44 heavy (non-hydrogen) atoms. The van der Waals surface area contributed by atoms with Gasteiger partial charge < -0.3 is 92.8 Å². The van der Waals surface area contributed by atoms with Crippen LogP contribution in [0.15, 0.2) is 0 Å². The molecule has 3 aliphatic heterocycles. The summed E-state index contributed by atoms with van der Waals surface area (Å²) in [5.74, 6) is 0.644. The minimum Gasteiger partial charge on any atom is -0.394 e. The summed E-state index contributed by atoms with van der Waals surface area (Å²) in [6.45, 7) is 0.691. The van der Waals surface area contributed by atoms with Gasteiger partial charge in [0, 0.05) is 18.6 Å². The van der Waals surface area contributed by atoms with Crippen LogP contribution in [0, 0.1) is 0 Å². The molecule has 4 rings (SSSR count). The van der Waals surface area contributed by atoms with Crippen molar-refractivity contribution in [3.8, 4) is 0 Å². The van der Waals surface area contributed by atoms with Crippen LogP contribution in [0.2, 0.25) is 0 Å². The standard InChI is InChI=1S/C25H49N5O13S/c1-2-44-22-11(6-32)40-24(13(30)17(22)36)41-19-8(28)3-7(27)14(33)21(19)43-25-18(37)20(10(5-31)39-25)42-23-12(29)16(35)15(34)9(4-26)38-23/h7-25,31-37H,2-6,26-30H2,1H3/t7-,8+,9+,10-,11-,12-,13-,14+,15-,16-,17-,18-,19-,20-,21-,22-,23-,24-,25+/m1/s1. The molecule has 18 nitrogen and oxygen atoms in total. The van der Waals surface area contributed by atoms with Crippen molar-refractivity contribution in [2.75, 3.05) is 25.5 Å². The van der Waals surface area contributed by atoms with Gasteiger partial charge in [-0.05, 0) is 12.2 Å². The normalized spacial score (nSPS) is 51.9. The first-order chi connectivity index (χ1) is 20.9. The molecular formula is C25H49N5O13S. The Morgan fingerprint density at radius 1 is 0.636 bits per heavy atom. The molecule has 19 heteroatoms. The number of ether oxygens (including phenoxy) is 6. The second-order valence-electron chi connectivity index (χ2n) is 11.6. The number of hydrogen-bond donors (Lipinski definition) is 12. The van der Waals surface area contributed by atoms with Crippen molar-refractivity contribution in [3.63, 3.8) is 0 Å². The predicted octanol–water partition coefficient (Wildman–Crippen LogP) is -7.10. The monoisotopic (exact) mass is 659 g/mol. The third-order valence-electron chi connectivity index (χ3n) is 8.65. The molecule has 0 bridgehead atoms. The van der Waals surface area contributed by atoms with E-state index in [0.29, 0.717) is 5.75 Å². The van der Waals surface area contributed by atoms with Gasteiger partial charge in [-0.2, -0.15) is 11.8 Å². The number of thioether (sulfide) groups is 1. The summed E-state index contributed by atoms with van der Waals surface area (Å²) in [4.78, 5) is 0. The van der Waals surface area contributed by atoms with Gasteiger partial charge in [0.05, 0.1) is 48.9 Å². The number of hydrogen-bond acceptors (Lipinski definition) is 19. The van der Waals surface area contributed by atoms with Gasteiger partial charge >= 0.3 is 0 Å². The number of aliphatic hydroxyl groups excluding tert-OH is 7.